The number of nitrogens with one attached hydrogen (secondary N) is 1. The van der Waals surface area contributed by atoms with Gasteiger partial charge in [-0.3, -0.25) is 9.59 Å². The van der Waals surface area contributed by atoms with E-state index in [0.717, 1.165) is 4.88 Å². The molecule has 1 aromatic heterocycles. The molecule has 0 atom stereocenters. The van der Waals surface area contributed by atoms with E-state index >= 15 is 0 Å². The number of benzene rings is 1. The van der Waals surface area contributed by atoms with E-state index in [1.165, 1.54) is 18.3 Å². The van der Waals surface area contributed by atoms with Crippen LogP contribution in [0.5, 0.6) is 5.75 Å². The topological polar surface area (TPSA) is 55.4 Å². The molecule has 0 aliphatic carbocycles. The molecular formula is C17H19NO3S. The van der Waals surface area contributed by atoms with E-state index in [0.29, 0.717) is 23.4 Å². The average Bonchev–Trinajstić information content (AvgIpc) is 2.92. The van der Waals surface area contributed by atoms with Crippen LogP contribution in [0.3, 0.4) is 0 Å². The van der Waals surface area contributed by atoms with Crippen LogP contribution in [-0.2, 0) is 11.2 Å². The van der Waals surface area contributed by atoms with Gasteiger partial charge >= 0.3 is 0 Å². The number of ether oxygens (including phenoxy) is 1. The number of hydrogen-bond donors (Lipinski definition) is 1. The highest BCUT2D eigenvalue weighted by Gasteiger charge is 2.13. The van der Waals surface area contributed by atoms with Gasteiger partial charge in [0.05, 0.1) is 18.2 Å². The quantitative estimate of drug-likeness (QED) is 0.822. The molecule has 0 unspecified atom stereocenters. The van der Waals surface area contributed by atoms with Gasteiger partial charge < -0.3 is 10.1 Å². The molecule has 0 saturated heterocycles. The Bertz CT molecular complexity index is 663. The lowest BCUT2D eigenvalue weighted by Crippen LogP contribution is -2.16. The first-order valence-corrected chi connectivity index (χ1v) is 7.97. The molecule has 0 radical (unpaired) electrons. The number of amides is 1. The van der Waals surface area contributed by atoms with E-state index in [-0.39, 0.29) is 17.8 Å². The van der Waals surface area contributed by atoms with Gasteiger partial charge in [0.2, 0.25) is 5.91 Å². The van der Waals surface area contributed by atoms with Crippen LogP contribution in [0, 0.1) is 0 Å². The summed E-state index contributed by atoms with van der Waals surface area (Å²) in [5.74, 6) is 0.390. The second-order valence-electron chi connectivity index (χ2n) is 5.24. The normalized spacial score (nSPS) is 10.5. The first-order valence-electron chi connectivity index (χ1n) is 7.09. The molecule has 1 aromatic carbocycles. The number of ketones is 1. The van der Waals surface area contributed by atoms with Gasteiger partial charge in [0, 0.05) is 10.4 Å². The number of hydrogen-bond acceptors (Lipinski definition) is 4. The van der Waals surface area contributed by atoms with Gasteiger partial charge in [-0.25, -0.2) is 0 Å². The molecule has 0 aliphatic rings. The van der Waals surface area contributed by atoms with Gasteiger partial charge in [-0.1, -0.05) is 6.07 Å². The van der Waals surface area contributed by atoms with E-state index in [1.54, 1.807) is 18.2 Å². The third kappa shape index (κ3) is 4.43. The van der Waals surface area contributed by atoms with Gasteiger partial charge in [0.25, 0.3) is 0 Å². The molecule has 1 N–H and O–H groups in total. The highest BCUT2D eigenvalue weighted by molar-refractivity contribution is 7.10. The standard InChI is InChI=1S/C17H19NO3S/c1-11(2)21-16-7-6-13(12(3)19)9-15(16)18-17(20)10-14-5-4-8-22-14/h4-9,11H,10H2,1-3H3,(H,18,20). The third-order valence-electron chi connectivity index (χ3n) is 2.94. The predicted molar refractivity (Wildman–Crippen MR) is 88.9 cm³/mol. The van der Waals surface area contributed by atoms with Crippen molar-refractivity contribution in [2.75, 3.05) is 5.32 Å². The maximum Gasteiger partial charge on any atom is 0.229 e. The zero-order valence-electron chi connectivity index (χ0n) is 12.9. The maximum atomic E-state index is 12.2. The molecule has 1 amide bonds. The van der Waals surface area contributed by atoms with Crippen LogP contribution in [-0.4, -0.2) is 17.8 Å². The zero-order chi connectivity index (χ0) is 16.1. The van der Waals surface area contributed by atoms with Crippen LogP contribution in [0.1, 0.15) is 36.0 Å². The van der Waals surface area contributed by atoms with Crippen molar-refractivity contribution in [3.8, 4) is 5.75 Å². The Morgan fingerprint density at radius 2 is 2.05 bits per heavy atom. The van der Waals surface area contributed by atoms with Crippen LogP contribution in [0.15, 0.2) is 35.7 Å². The first kappa shape index (κ1) is 16.2. The lowest BCUT2D eigenvalue weighted by Gasteiger charge is -2.15. The van der Waals surface area contributed by atoms with Crippen LogP contribution < -0.4 is 10.1 Å². The Morgan fingerprint density at radius 3 is 2.64 bits per heavy atom. The Balaban J connectivity index is 2.20. The summed E-state index contributed by atoms with van der Waals surface area (Å²) in [4.78, 5) is 24.7. The third-order valence-corrected chi connectivity index (χ3v) is 3.81. The smallest absolute Gasteiger partial charge is 0.229 e. The summed E-state index contributed by atoms with van der Waals surface area (Å²) >= 11 is 1.54. The fourth-order valence-electron chi connectivity index (χ4n) is 1.97. The summed E-state index contributed by atoms with van der Waals surface area (Å²) in [6.07, 6.45) is 0.291. The molecular weight excluding hydrogens is 298 g/mol. The van der Waals surface area contributed by atoms with Crippen molar-refractivity contribution in [2.45, 2.75) is 33.3 Å². The Labute approximate surface area is 134 Å². The molecule has 0 spiro atoms. The van der Waals surface area contributed by atoms with Crippen molar-refractivity contribution in [1.29, 1.82) is 0 Å². The molecule has 0 saturated carbocycles. The second kappa shape index (κ2) is 7.22. The first-order chi connectivity index (χ1) is 10.5. The number of carbonyl (C=O) groups is 2. The average molecular weight is 317 g/mol. The molecule has 0 bridgehead atoms. The molecule has 2 aromatic rings. The van der Waals surface area contributed by atoms with Crippen molar-refractivity contribution in [3.05, 3.63) is 46.2 Å². The van der Waals surface area contributed by atoms with E-state index in [2.05, 4.69) is 5.32 Å². The number of Topliss-reactive ketones (excluding diaryl/α,β-unsaturated/α-hetero) is 1. The minimum Gasteiger partial charge on any atom is -0.489 e. The van der Waals surface area contributed by atoms with Crippen LogP contribution in [0.2, 0.25) is 0 Å². The number of rotatable bonds is 6. The van der Waals surface area contributed by atoms with Crippen LogP contribution >= 0.6 is 11.3 Å². The fourth-order valence-corrected chi connectivity index (χ4v) is 2.67. The summed E-state index contributed by atoms with van der Waals surface area (Å²) in [6.45, 7) is 5.32. The largest absolute Gasteiger partial charge is 0.489 e. The van der Waals surface area contributed by atoms with E-state index in [9.17, 15) is 9.59 Å². The molecule has 1 heterocycles. The summed E-state index contributed by atoms with van der Waals surface area (Å²) in [6, 6.07) is 8.91. The molecule has 2 rings (SSSR count). The van der Waals surface area contributed by atoms with Gasteiger partial charge in [0.15, 0.2) is 5.78 Å². The monoisotopic (exact) mass is 317 g/mol. The van der Waals surface area contributed by atoms with Crippen molar-refractivity contribution in [3.63, 3.8) is 0 Å². The summed E-state index contributed by atoms with van der Waals surface area (Å²) < 4.78 is 5.69. The molecule has 116 valence electrons. The highest BCUT2D eigenvalue weighted by Crippen LogP contribution is 2.27. The number of anilines is 1. The predicted octanol–water partition coefficient (Wildman–Crippen LogP) is 3.92. The van der Waals surface area contributed by atoms with Crippen LogP contribution in [0.4, 0.5) is 5.69 Å². The molecule has 0 fully saturated rings. The molecule has 5 heteroatoms. The van der Waals surface area contributed by atoms with E-state index in [1.807, 2.05) is 31.4 Å². The minimum absolute atomic E-state index is 0.0175. The van der Waals surface area contributed by atoms with Crippen molar-refractivity contribution >= 4 is 28.7 Å². The van der Waals surface area contributed by atoms with Crippen LogP contribution in [0.25, 0.3) is 0 Å². The number of carbonyl (C=O) groups excluding carboxylic acids is 2. The zero-order valence-corrected chi connectivity index (χ0v) is 13.7. The lowest BCUT2D eigenvalue weighted by molar-refractivity contribution is -0.115. The Kier molecular flexibility index (Phi) is 5.33. The molecule has 0 aliphatic heterocycles. The Morgan fingerprint density at radius 1 is 1.27 bits per heavy atom. The van der Waals surface area contributed by atoms with Crippen molar-refractivity contribution in [1.82, 2.24) is 0 Å². The Hall–Kier alpha value is -2.14. The van der Waals surface area contributed by atoms with Crippen molar-refractivity contribution in [2.24, 2.45) is 0 Å². The van der Waals surface area contributed by atoms with Gasteiger partial charge in [-0.05, 0) is 50.4 Å². The summed E-state index contributed by atoms with van der Waals surface area (Å²) in [7, 11) is 0. The highest BCUT2D eigenvalue weighted by atomic mass is 32.1. The fraction of sp³-hybridized carbons (Fsp3) is 0.294. The lowest BCUT2D eigenvalue weighted by atomic mass is 10.1. The maximum absolute atomic E-state index is 12.2. The summed E-state index contributed by atoms with van der Waals surface area (Å²) in [5.41, 5.74) is 1.07. The minimum atomic E-state index is -0.128. The molecule has 4 nitrogen and oxygen atoms in total. The number of thiophene rings is 1. The van der Waals surface area contributed by atoms with Gasteiger partial charge in [-0.15, -0.1) is 11.3 Å². The van der Waals surface area contributed by atoms with E-state index < -0.39 is 0 Å². The SMILES string of the molecule is CC(=O)c1ccc(OC(C)C)c(NC(=O)Cc2cccs2)c1. The summed E-state index contributed by atoms with van der Waals surface area (Å²) in [5, 5.41) is 4.78. The van der Waals surface area contributed by atoms with Gasteiger partial charge in [0.1, 0.15) is 5.75 Å². The van der Waals surface area contributed by atoms with Gasteiger partial charge in [-0.2, -0.15) is 0 Å². The second-order valence-corrected chi connectivity index (χ2v) is 6.27. The van der Waals surface area contributed by atoms with E-state index in [4.69, 9.17) is 4.74 Å². The molecule has 22 heavy (non-hydrogen) atoms. The van der Waals surface area contributed by atoms with Crippen molar-refractivity contribution < 1.29 is 14.3 Å².